The minimum absolute atomic E-state index is 0.0558. The predicted octanol–water partition coefficient (Wildman–Crippen LogP) is 0.0234. The van der Waals surface area contributed by atoms with Gasteiger partial charge in [0.25, 0.3) is 0 Å². The monoisotopic (exact) mass is 250 g/mol. The summed E-state index contributed by atoms with van der Waals surface area (Å²) in [6.45, 7) is 3.19. The summed E-state index contributed by atoms with van der Waals surface area (Å²) in [5.74, 6) is 0.855. The Hall–Kier alpha value is -0.170. The van der Waals surface area contributed by atoms with Crippen LogP contribution in [0.25, 0.3) is 0 Å². The second-order valence-electron chi connectivity index (χ2n) is 4.54. The lowest BCUT2D eigenvalue weighted by molar-refractivity contribution is 0.103. The highest BCUT2D eigenvalue weighted by atomic mass is 32.2. The SMILES string of the molecule is CN(CCCS(N)(=O)=O)CCOCC1CC1. The molecule has 0 amide bonds. The van der Waals surface area contributed by atoms with Gasteiger partial charge in [0.05, 0.1) is 12.4 Å². The van der Waals surface area contributed by atoms with Crippen LogP contribution in [0.1, 0.15) is 19.3 Å². The Morgan fingerprint density at radius 3 is 2.62 bits per heavy atom. The normalized spacial score (nSPS) is 16.9. The molecule has 0 spiro atoms. The first-order valence-electron chi connectivity index (χ1n) is 5.74. The third-order valence-corrected chi connectivity index (χ3v) is 3.49. The molecule has 2 N–H and O–H groups in total. The quantitative estimate of drug-likeness (QED) is 0.586. The molecule has 0 unspecified atom stereocenters. The van der Waals surface area contributed by atoms with Crippen LogP contribution in [0.15, 0.2) is 0 Å². The molecule has 6 heteroatoms. The molecule has 0 saturated heterocycles. The molecule has 0 heterocycles. The van der Waals surface area contributed by atoms with Gasteiger partial charge >= 0.3 is 0 Å². The minimum atomic E-state index is -3.31. The van der Waals surface area contributed by atoms with Gasteiger partial charge in [-0.25, -0.2) is 13.6 Å². The van der Waals surface area contributed by atoms with Crippen LogP contribution in [-0.4, -0.2) is 52.4 Å². The number of rotatable bonds is 9. The van der Waals surface area contributed by atoms with E-state index in [1.54, 1.807) is 0 Å². The standard InChI is InChI=1S/C10H22N2O3S/c1-12(5-2-8-16(11,13)14)6-7-15-9-10-3-4-10/h10H,2-9H2,1H3,(H2,11,13,14). The van der Waals surface area contributed by atoms with E-state index in [9.17, 15) is 8.42 Å². The lowest BCUT2D eigenvalue weighted by Crippen LogP contribution is -2.27. The van der Waals surface area contributed by atoms with Crippen molar-refractivity contribution >= 4 is 10.0 Å². The van der Waals surface area contributed by atoms with Crippen LogP contribution < -0.4 is 5.14 Å². The van der Waals surface area contributed by atoms with Gasteiger partial charge in [-0.1, -0.05) is 0 Å². The van der Waals surface area contributed by atoms with Crippen molar-refractivity contribution in [1.82, 2.24) is 4.90 Å². The highest BCUT2D eigenvalue weighted by Crippen LogP contribution is 2.28. The smallest absolute Gasteiger partial charge is 0.209 e. The number of ether oxygens (including phenoxy) is 1. The second kappa shape index (κ2) is 6.54. The molecule has 5 nitrogen and oxygen atoms in total. The zero-order valence-corrected chi connectivity index (χ0v) is 10.7. The summed E-state index contributed by atoms with van der Waals surface area (Å²) in [5, 5.41) is 4.91. The summed E-state index contributed by atoms with van der Waals surface area (Å²) in [6, 6.07) is 0. The molecule has 1 fully saturated rings. The van der Waals surface area contributed by atoms with Crippen LogP contribution in [0.4, 0.5) is 0 Å². The fourth-order valence-electron chi connectivity index (χ4n) is 1.40. The second-order valence-corrected chi connectivity index (χ2v) is 6.28. The molecule has 0 aromatic carbocycles. The number of likely N-dealkylation sites (N-methyl/N-ethyl adjacent to an activating group) is 1. The molecule has 16 heavy (non-hydrogen) atoms. The highest BCUT2D eigenvalue weighted by molar-refractivity contribution is 7.89. The third-order valence-electron chi connectivity index (χ3n) is 2.64. The van der Waals surface area contributed by atoms with Crippen LogP contribution in [0, 0.1) is 5.92 Å². The largest absolute Gasteiger partial charge is 0.380 e. The molecule has 1 rings (SSSR count). The first-order valence-corrected chi connectivity index (χ1v) is 7.45. The number of nitrogens with two attached hydrogens (primary N) is 1. The van der Waals surface area contributed by atoms with E-state index >= 15 is 0 Å². The molecule has 96 valence electrons. The Balaban J connectivity index is 1.91. The van der Waals surface area contributed by atoms with Crippen LogP contribution in [0.3, 0.4) is 0 Å². The summed E-state index contributed by atoms with van der Waals surface area (Å²) in [7, 11) is -1.34. The van der Waals surface area contributed by atoms with Gasteiger partial charge in [0.1, 0.15) is 0 Å². The number of sulfonamides is 1. The Labute approximate surface area is 98.0 Å². The van der Waals surface area contributed by atoms with Crippen LogP contribution in [-0.2, 0) is 14.8 Å². The molecular formula is C10H22N2O3S. The van der Waals surface area contributed by atoms with Gasteiger partial charge in [-0.3, -0.25) is 0 Å². The molecule has 0 aliphatic heterocycles. The number of hydrogen-bond acceptors (Lipinski definition) is 4. The Morgan fingerprint density at radius 2 is 2.06 bits per heavy atom. The van der Waals surface area contributed by atoms with E-state index in [0.29, 0.717) is 6.42 Å². The van der Waals surface area contributed by atoms with Gasteiger partial charge in [-0.05, 0) is 38.8 Å². The summed E-state index contributed by atoms with van der Waals surface area (Å²) >= 11 is 0. The van der Waals surface area contributed by atoms with Gasteiger partial charge in [-0.15, -0.1) is 0 Å². The van der Waals surface area contributed by atoms with Crippen molar-refractivity contribution in [3.8, 4) is 0 Å². The molecule has 1 aliphatic carbocycles. The van der Waals surface area contributed by atoms with E-state index in [1.807, 2.05) is 7.05 Å². The third kappa shape index (κ3) is 8.04. The zero-order valence-electron chi connectivity index (χ0n) is 9.89. The molecule has 1 saturated carbocycles. The van der Waals surface area contributed by atoms with E-state index in [0.717, 1.165) is 32.2 Å². The van der Waals surface area contributed by atoms with Crippen molar-refractivity contribution < 1.29 is 13.2 Å². The molecule has 0 bridgehead atoms. The minimum Gasteiger partial charge on any atom is -0.380 e. The summed E-state index contributed by atoms with van der Waals surface area (Å²) in [5.41, 5.74) is 0. The maximum absolute atomic E-state index is 10.7. The fraction of sp³-hybridized carbons (Fsp3) is 1.00. The average molecular weight is 250 g/mol. The van der Waals surface area contributed by atoms with E-state index in [-0.39, 0.29) is 5.75 Å². The molecule has 0 aromatic heterocycles. The Morgan fingerprint density at radius 1 is 1.38 bits per heavy atom. The number of hydrogen-bond donors (Lipinski definition) is 1. The van der Waals surface area contributed by atoms with E-state index < -0.39 is 10.0 Å². The van der Waals surface area contributed by atoms with Gasteiger partial charge in [0, 0.05) is 13.2 Å². The van der Waals surface area contributed by atoms with E-state index in [2.05, 4.69) is 4.90 Å². The van der Waals surface area contributed by atoms with Crippen molar-refractivity contribution in [3.05, 3.63) is 0 Å². The molecule has 0 aromatic rings. The number of nitrogens with zero attached hydrogens (tertiary/aromatic N) is 1. The van der Waals surface area contributed by atoms with Crippen LogP contribution in [0.2, 0.25) is 0 Å². The van der Waals surface area contributed by atoms with Gasteiger partial charge in [0.2, 0.25) is 10.0 Å². The zero-order chi connectivity index (χ0) is 12.0. The highest BCUT2D eigenvalue weighted by Gasteiger charge is 2.20. The fourth-order valence-corrected chi connectivity index (χ4v) is 1.93. The topological polar surface area (TPSA) is 72.6 Å². The van der Waals surface area contributed by atoms with Gasteiger partial charge in [0.15, 0.2) is 0 Å². The lowest BCUT2D eigenvalue weighted by atomic mass is 10.4. The summed E-state index contributed by atoms with van der Waals surface area (Å²) in [6.07, 6.45) is 3.20. The van der Waals surface area contributed by atoms with Crippen LogP contribution >= 0.6 is 0 Å². The average Bonchev–Trinajstić information content (AvgIpc) is 2.94. The van der Waals surface area contributed by atoms with Crippen molar-refractivity contribution in [3.63, 3.8) is 0 Å². The summed E-state index contributed by atoms with van der Waals surface area (Å²) in [4.78, 5) is 2.07. The molecular weight excluding hydrogens is 228 g/mol. The molecule has 1 aliphatic rings. The Kier molecular flexibility index (Phi) is 5.68. The Bertz CT molecular complexity index is 288. The van der Waals surface area contributed by atoms with E-state index in [1.165, 1.54) is 12.8 Å². The molecule has 0 radical (unpaired) electrons. The van der Waals surface area contributed by atoms with E-state index in [4.69, 9.17) is 9.88 Å². The van der Waals surface area contributed by atoms with Gasteiger partial charge < -0.3 is 9.64 Å². The maximum atomic E-state index is 10.7. The van der Waals surface area contributed by atoms with Crippen molar-refractivity contribution in [2.24, 2.45) is 11.1 Å². The first-order chi connectivity index (χ1) is 7.47. The lowest BCUT2D eigenvalue weighted by Gasteiger charge is -2.15. The maximum Gasteiger partial charge on any atom is 0.209 e. The van der Waals surface area contributed by atoms with Crippen molar-refractivity contribution in [2.45, 2.75) is 19.3 Å². The predicted molar refractivity (Wildman–Crippen MR) is 63.6 cm³/mol. The molecule has 0 atom stereocenters. The van der Waals surface area contributed by atoms with Gasteiger partial charge in [-0.2, -0.15) is 0 Å². The van der Waals surface area contributed by atoms with Crippen molar-refractivity contribution in [1.29, 1.82) is 0 Å². The number of primary sulfonamides is 1. The van der Waals surface area contributed by atoms with Crippen molar-refractivity contribution in [2.75, 3.05) is 39.1 Å². The first kappa shape index (κ1) is 13.9. The summed E-state index contributed by atoms with van der Waals surface area (Å²) < 4.78 is 26.9. The van der Waals surface area contributed by atoms with Crippen LogP contribution in [0.5, 0.6) is 0 Å².